The molecule has 1 aliphatic heterocycles. The Bertz CT molecular complexity index is 798. The SMILES string of the molecule is CN(C)C1(c2ccc(F)cc2)CCC2(CC1)CN(CC(=O)O)C(=O)N2CC1CCC1. The normalized spacial score (nSPS) is 29.7. The number of urea groups is 1. The smallest absolute Gasteiger partial charge is 0.323 e. The number of amides is 2. The third-order valence-corrected chi connectivity index (χ3v) is 7.80. The van der Waals surface area contributed by atoms with E-state index in [1.54, 1.807) is 0 Å². The predicted octanol–water partition coefficient (Wildman–Crippen LogP) is 3.52. The van der Waals surface area contributed by atoms with Crippen molar-refractivity contribution in [2.45, 2.75) is 56.0 Å². The number of aliphatic carboxylic acids is 1. The third kappa shape index (κ3) is 3.57. The van der Waals surface area contributed by atoms with Crippen LogP contribution in [0.15, 0.2) is 24.3 Å². The molecule has 7 heteroatoms. The van der Waals surface area contributed by atoms with Crippen LogP contribution in [0, 0.1) is 11.7 Å². The second kappa shape index (κ2) is 7.84. The molecule has 4 rings (SSSR count). The highest BCUT2D eigenvalue weighted by molar-refractivity contribution is 5.83. The first-order valence-corrected chi connectivity index (χ1v) is 11.0. The van der Waals surface area contributed by atoms with Gasteiger partial charge in [0.2, 0.25) is 0 Å². The first-order valence-electron chi connectivity index (χ1n) is 11.0. The van der Waals surface area contributed by atoms with E-state index in [9.17, 15) is 19.1 Å². The number of hydrogen-bond acceptors (Lipinski definition) is 3. The van der Waals surface area contributed by atoms with E-state index >= 15 is 0 Å². The molecule has 1 spiro atoms. The molecular formula is C23H32FN3O3. The van der Waals surface area contributed by atoms with Crippen molar-refractivity contribution in [2.75, 3.05) is 33.7 Å². The Labute approximate surface area is 177 Å². The topological polar surface area (TPSA) is 64.1 Å². The van der Waals surface area contributed by atoms with Gasteiger partial charge >= 0.3 is 12.0 Å². The van der Waals surface area contributed by atoms with E-state index in [4.69, 9.17) is 0 Å². The molecule has 1 aromatic carbocycles. The summed E-state index contributed by atoms with van der Waals surface area (Å²) in [4.78, 5) is 30.2. The Kier molecular flexibility index (Phi) is 5.51. The Morgan fingerprint density at radius 2 is 1.80 bits per heavy atom. The lowest BCUT2D eigenvalue weighted by Gasteiger charge is -2.51. The molecule has 3 aliphatic rings. The molecule has 164 valence electrons. The fourth-order valence-electron chi connectivity index (χ4n) is 5.69. The molecule has 1 heterocycles. The summed E-state index contributed by atoms with van der Waals surface area (Å²) < 4.78 is 13.5. The van der Waals surface area contributed by atoms with Crippen LogP contribution in [0.25, 0.3) is 0 Å². The standard InChI is InChI=1S/C23H32FN3O3/c1-25(2)23(18-6-8-19(24)9-7-18)12-10-22(11-13-23)16-26(15-20(28)29)21(30)27(22)14-17-4-3-5-17/h6-9,17H,3-5,10-16H2,1-2H3,(H,28,29). The minimum absolute atomic E-state index is 0.122. The van der Waals surface area contributed by atoms with Gasteiger partial charge in [0.1, 0.15) is 12.4 Å². The van der Waals surface area contributed by atoms with E-state index in [0.717, 1.165) is 50.6 Å². The molecular weight excluding hydrogens is 385 g/mol. The van der Waals surface area contributed by atoms with Gasteiger partial charge in [-0.2, -0.15) is 0 Å². The first-order chi connectivity index (χ1) is 14.3. The Balaban J connectivity index is 1.59. The molecule has 0 aromatic heterocycles. The zero-order valence-corrected chi connectivity index (χ0v) is 17.9. The lowest BCUT2D eigenvalue weighted by Crippen LogP contribution is -2.56. The molecule has 0 atom stereocenters. The molecule has 30 heavy (non-hydrogen) atoms. The van der Waals surface area contributed by atoms with E-state index in [-0.39, 0.29) is 29.5 Å². The van der Waals surface area contributed by atoms with E-state index < -0.39 is 5.97 Å². The summed E-state index contributed by atoms with van der Waals surface area (Å²) in [5.41, 5.74) is 0.590. The van der Waals surface area contributed by atoms with Gasteiger partial charge in [-0.15, -0.1) is 0 Å². The van der Waals surface area contributed by atoms with Gasteiger partial charge in [0, 0.05) is 18.6 Å². The van der Waals surface area contributed by atoms with Crippen LogP contribution in [-0.2, 0) is 10.3 Å². The molecule has 1 aromatic rings. The van der Waals surface area contributed by atoms with Crippen molar-refractivity contribution in [1.29, 1.82) is 0 Å². The summed E-state index contributed by atoms with van der Waals surface area (Å²) in [7, 11) is 4.12. The number of benzene rings is 1. The van der Waals surface area contributed by atoms with Crippen molar-refractivity contribution in [3.8, 4) is 0 Å². The summed E-state index contributed by atoms with van der Waals surface area (Å²) in [5.74, 6) is -0.667. The maximum absolute atomic E-state index is 13.5. The van der Waals surface area contributed by atoms with Crippen LogP contribution in [0.5, 0.6) is 0 Å². The lowest BCUT2D eigenvalue weighted by atomic mass is 9.68. The minimum Gasteiger partial charge on any atom is -0.480 e. The molecule has 2 amide bonds. The van der Waals surface area contributed by atoms with Gasteiger partial charge in [-0.05, 0) is 76.2 Å². The van der Waals surface area contributed by atoms with Gasteiger partial charge < -0.3 is 14.9 Å². The number of hydrogen-bond donors (Lipinski definition) is 1. The summed E-state index contributed by atoms with van der Waals surface area (Å²) in [6.07, 6.45) is 6.84. The molecule has 0 unspecified atom stereocenters. The second-order valence-electron chi connectivity index (χ2n) is 9.60. The molecule has 2 saturated carbocycles. The van der Waals surface area contributed by atoms with Crippen LogP contribution in [0.4, 0.5) is 9.18 Å². The van der Waals surface area contributed by atoms with E-state index in [1.807, 2.05) is 17.0 Å². The number of nitrogens with zero attached hydrogens (tertiary/aromatic N) is 3. The number of carboxylic acid groups (broad SMARTS) is 1. The summed E-state index contributed by atoms with van der Waals surface area (Å²) in [6, 6.07) is 6.65. The number of rotatable bonds is 6. The van der Waals surface area contributed by atoms with Gasteiger partial charge in [0.05, 0.1) is 5.54 Å². The summed E-state index contributed by atoms with van der Waals surface area (Å²) in [5, 5.41) is 9.28. The summed E-state index contributed by atoms with van der Waals surface area (Å²) in [6.45, 7) is 0.983. The van der Waals surface area contributed by atoms with Gasteiger partial charge in [-0.3, -0.25) is 9.69 Å². The quantitative estimate of drug-likeness (QED) is 0.769. The Hall–Kier alpha value is -2.15. The molecule has 0 bridgehead atoms. The zero-order valence-electron chi connectivity index (χ0n) is 17.9. The second-order valence-corrected chi connectivity index (χ2v) is 9.60. The van der Waals surface area contributed by atoms with Crippen molar-refractivity contribution >= 4 is 12.0 Å². The Morgan fingerprint density at radius 3 is 2.30 bits per heavy atom. The van der Waals surface area contributed by atoms with Crippen LogP contribution in [0.2, 0.25) is 0 Å². The average Bonchev–Trinajstić information content (AvgIpc) is 2.90. The number of carboxylic acids is 1. The number of carbonyl (C=O) groups is 2. The van der Waals surface area contributed by atoms with Gasteiger partial charge in [-0.1, -0.05) is 18.6 Å². The van der Waals surface area contributed by atoms with Crippen molar-refractivity contribution in [3.05, 3.63) is 35.6 Å². The maximum Gasteiger partial charge on any atom is 0.323 e. The van der Waals surface area contributed by atoms with E-state index in [2.05, 4.69) is 19.0 Å². The molecule has 6 nitrogen and oxygen atoms in total. The van der Waals surface area contributed by atoms with E-state index in [1.165, 1.54) is 23.5 Å². The monoisotopic (exact) mass is 417 g/mol. The molecule has 0 radical (unpaired) electrons. The van der Waals surface area contributed by atoms with Gasteiger partial charge in [0.15, 0.2) is 0 Å². The largest absolute Gasteiger partial charge is 0.480 e. The molecule has 1 saturated heterocycles. The van der Waals surface area contributed by atoms with Gasteiger partial charge in [0.25, 0.3) is 0 Å². The van der Waals surface area contributed by atoms with Crippen molar-refractivity contribution < 1.29 is 19.1 Å². The summed E-state index contributed by atoms with van der Waals surface area (Å²) >= 11 is 0. The van der Waals surface area contributed by atoms with Crippen molar-refractivity contribution in [2.24, 2.45) is 5.92 Å². The molecule has 2 aliphatic carbocycles. The van der Waals surface area contributed by atoms with Crippen LogP contribution < -0.4 is 0 Å². The van der Waals surface area contributed by atoms with Crippen molar-refractivity contribution in [3.63, 3.8) is 0 Å². The third-order valence-electron chi connectivity index (χ3n) is 7.80. The predicted molar refractivity (Wildman–Crippen MR) is 112 cm³/mol. The van der Waals surface area contributed by atoms with Crippen molar-refractivity contribution in [1.82, 2.24) is 14.7 Å². The average molecular weight is 418 g/mol. The molecule has 3 fully saturated rings. The Morgan fingerprint density at radius 1 is 1.17 bits per heavy atom. The van der Waals surface area contributed by atoms with Crippen LogP contribution >= 0.6 is 0 Å². The van der Waals surface area contributed by atoms with E-state index in [0.29, 0.717) is 12.5 Å². The molecule has 1 N–H and O–H groups in total. The minimum atomic E-state index is -0.964. The lowest BCUT2D eigenvalue weighted by molar-refractivity contribution is -0.137. The van der Waals surface area contributed by atoms with Crippen LogP contribution in [-0.4, -0.2) is 71.1 Å². The number of halogens is 1. The van der Waals surface area contributed by atoms with Gasteiger partial charge in [-0.25, -0.2) is 9.18 Å². The number of carbonyl (C=O) groups excluding carboxylic acids is 1. The fourth-order valence-corrected chi connectivity index (χ4v) is 5.69. The fraction of sp³-hybridized carbons (Fsp3) is 0.652. The highest BCUT2D eigenvalue weighted by Crippen LogP contribution is 2.49. The highest BCUT2D eigenvalue weighted by Gasteiger charge is 2.55. The maximum atomic E-state index is 13.5. The van der Waals surface area contributed by atoms with Crippen LogP contribution in [0.1, 0.15) is 50.5 Å². The van der Waals surface area contributed by atoms with Crippen LogP contribution in [0.3, 0.4) is 0 Å². The zero-order chi connectivity index (χ0) is 21.5. The highest BCUT2D eigenvalue weighted by atomic mass is 19.1. The first kappa shape index (κ1) is 21.1.